The number of rotatable bonds is 6. The summed E-state index contributed by atoms with van der Waals surface area (Å²) in [5.41, 5.74) is 1.57. The second-order valence-electron chi connectivity index (χ2n) is 6.39. The van der Waals surface area contributed by atoms with Gasteiger partial charge in [0.15, 0.2) is 5.60 Å². The lowest BCUT2D eigenvalue weighted by Gasteiger charge is -2.25. The number of aliphatic hydroxyl groups is 1. The molecule has 2 rings (SSSR count). The first-order chi connectivity index (χ1) is 13.5. The van der Waals surface area contributed by atoms with Crippen molar-refractivity contribution in [2.24, 2.45) is 0 Å². The minimum Gasteiger partial charge on any atom is -0.489 e. The van der Waals surface area contributed by atoms with E-state index in [1.807, 2.05) is 10.9 Å². The predicted octanol–water partition coefficient (Wildman–Crippen LogP) is 3.38. The number of hydrazine groups is 1. The Kier molecular flexibility index (Phi) is 7.10. The van der Waals surface area contributed by atoms with E-state index in [0.29, 0.717) is 17.7 Å². The van der Waals surface area contributed by atoms with E-state index in [4.69, 9.17) is 16.3 Å². The molecule has 3 N–H and O–H groups in total. The normalized spacial score (nSPS) is 13.3. The van der Waals surface area contributed by atoms with E-state index in [1.54, 1.807) is 36.4 Å². The van der Waals surface area contributed by atoms with Crippen molar-refractivity contribution in [3.63, 3.8) is 0 Å². The van der Waals surface area contributed by atoms with Crippen molar-refractivity contribution in [1.82, 2.24) is 10.9 Å². The van der Waals surface area contributed by atoms with Gasteiger partial charge < -0.3 is 9.84 Å². The third-order valence-electron chi connectivity index (χ3n) is 3.87. The van der Waals surface area contributed by atoms with E-state index in [1.165, 1.54) is 12.1 Å². The first kappa shape index (κ1) is 22.5. The molecule has 0 bridgehead atoms. The molecule has 0 saturated heterocycles. The van der Waals surface area contributed by atoms with Gasteiger partial charge in [-0.1, -0.05) is 23.7 Å². The van der Waals surface area contributed by atoms with Crippen LogP contribution in [0.5, 0.6) is 5.75 Å². The van der Waals surface area contributed by atoms with Crippen LogP contribution in [0.15, 0.2) is 48.5 Å². The highest BCUT2D eigenvalue weighted by Gasteiger charge is 2.51. The summed E-state index contributed by atoms with van der Waals surface area (Å²) in [7, 11) is 0. The van der Waals surface area contributed by atoms with Gasteiger partial charge in [-0.2, -0.15) is 13.2 Å². The average molecular weight is 431 g/mol. The lowest BCUT2D eigenvalue weighted by atomic mass is 10.0. The van der Waals surface area contributed by atoms with E-state index in [-0.39, 0.29) is 12.2 Å². The zero-order chi connectivity index (χ0) is 21.7. The Labute approximate surface area is 169 Å². The molecule has 0 aromatic heterocycles. The molecule has 0 spiro atoms. The van der Waals surface area contributed by atoms with E-state index < -0.39 is 30.0 Å². The molecule has 2 aromatic carbocycles. The topological polar surface area (TPSA) is 87.7 Å². The van der Waals surface area contributed by atoms with Crippen molar-refractivity contribution in [3.05, 3.63) is 64.7 Å². The average Bonchev–Trinajstić information content (AvgIpc) is 2.65. The fraction of sp³-hybridized carbons (Fsp3) is 0.263. The second-order valence-corrected chi connectivity index (χ2v) is 6.83. The number of amides is 2. The molecule has 156 valence electrons. The van der Waals surface area contributed by atoms with Crippen LogP contribution in [0.25, 0.3) is 0 Å². The first-order valence-electron chi connectivity index (χ1n) is 8.33. The number of carbonyl (C=O) groups excluding carboxylic acids is 2. The van der Waals surface area contributed by atoms with Crippen LogP contribution in [-0.4, -0.2) is 28.7 Å². The van der Waals surface area contributed by atoms with E-state index in [9.17, 15) is 27.9 Å². The number of halogens is 4. The van der Waals surface area contributed by atoms with Gasteiger partial charge in [0.1, 0.15) is 12.4 Å². The number of ether oxygens (including phenoxy) is 1. The first-order valence-corrected chi connectivity index (χ1v) is 8.71. The van der Waals surface area contributed by atoms with Crippen LogP contribution in [0, 0.1) is 0 Å². The molecule has 2 aromatic rings. The smallest absolute Gasteiger partial charge is 0.417 e. The summed E-state index contributed by atoms with van der Waals surface area (Å²) in [5, 5.41) is 9.85. The summed E-state index contributed by atoms with van der Waals surface area (Å²) in [6.45, 7) is 0.714. The van der Waals surface area contributed by atoms with Gasteiger partial charge in [-0.3, -0.25) is 20.4 Å². The maximum atomic E-state index is 12.6. The summed E-state index contributed by atoms with van der Waals surface area (Å²) in [6.07, 6.45) is -6.23. The Morgan fingerprint density at radius 2 is 1.62 bits per heavy atom. The summed E-state index contributed by atoms with van der Waals surface area (Å²) >= 11 is 5.79. The van der Waals surface area contributed by atoms with Gasteiger partial charge in [-0.05, 0) is 48.9 Å². The summed E-state index contributed by atoms with van der Waals surface area (Å²) in [4.78, 5) is 23.5. The number of alkyl halides is 3. The molecule has 0 radical (unpaired) electrons. The van der Waals surface area contributed by atoms with E-state index >= 15 is 0 Å². The molecule has 1 atom stereocenters. The van der Waals surface area contributed by atoms with Crippen molar-refractivity contribution in [2.45, 2.75) is 31.7 Å². The number of nitrogens with one attached hydrogen (secondary N) is 2. The van der Waals surface area contributed by atoms with Crippen molar-refractivity contribution >= 4 is 23.4 Å². The summed E-state index contributed by atoms with van der Waals surface area (Å²) < 4.78 is 43.2. The molecule has 0 saturated carbocycles. The van der Waals surface area contributed by atoms with Crippen LogP contribution in [0.4, 0.5) is 13.2 Å². The minimum absolute atomic E-state index is 0.170. The van der Waals surface area contributed by atoms with Crippen LogP contribution in [0.3, 0.4) is 0 Å². The molecule has 0 aliphatic carbocycles. The number of benzene rings is 2. The number of hydrogen-bond donors (Lipinski definition) is 3. The zero-order valence-corrected chi connectivity index (χ0v) is 16.0. The quantitative estimate of drug-likeness (QED) is 0.613. The monoisotopic (exact) mass is 430 g/mol. The third-order valence-corrected chi connectivity index (χ3v) is 4.12. The van der Waals surface area contributed by atoms with Crippen molar-refractivity contribution in [3.8, 4) is 5.75 Å². The van der Waals surface area contributed by atoms with Crippen molar-refractivity contribution in [2.75, 3.05) is 0 Å². The van der Waals surface area contributed by atoms with Crippen LogP contribution >= 0.6 is 11.6 Å². The maximum absolute atomic E-state index is 12.6. The molecular weight excluding hydrogens is 413 g/mol. The standard InChI is InChI=1S/C19H18ClF3N2O4/c1-18(28,19(21,22)23)10-16(26)24-25-17(27)13-4-2-12(3-5-13)11-29-15-8-6-14(20)7-9-15/h2-9,28H,10-11H2,1H3,(H,24,26)(H,25,27)/t18-/m0/s1. The highest BCUT2D eigenvalue weighted by atomic mass is 35.5. The summed E-state index contributed by atoms with van der Waals surface area (Å²) in [6, 6.07) is 13.0. The zero-order valence-electron chi connectivity index (χ0n) is 15.2. The Morgan fingerprint density at radius 1 is 1.03 bits per heavy atom. The van der Waals surface area contributed by atoms with Gasteiger partial charge in [-0.15, -0.1) is 0 Å². The van der Waals surface area contributed by atoms with Gasteiger partial charge in [0.25, 0.3) is 5.91 Å². The van der Waals surface area contributed by atoms with E-state index in [2.05, 4.69) is 0 Å². The molecule has 10 heteroatoms. The highest BCUT2D eigenvalue weighted by molar-refractivity contribution is 6.30. The Morgan fingerprint density at radius 3 is 2.17 bits per heavy atom. The van der Waals surface area contributed by atoms with Gasteiger partial charge in [0.05, 0.1) is 6.42 Å². The van der Waals surface area contributed by atoms with Crippen molar-refractivity contribution < 1.29 is 32.6 Å². The molecule has 0 aliphatic heterocycles. The molecule has 6 nitrogen and oxygen atoms in total. The van der Waals surface area contributed by atoms with Crippen molar-refractivity contribution in [1.29, 1.82) is 0 Å². The fourth-order valence-corrected chi connectivity index (χ4v) is 2.23. The lowest BCUT2D eigenvalue weighted by Crippen LogP contribution is -2.49. The molecule has 29 heavy (non-hydrogen) atoms. The van der Waals surface area contributed by atoms with Crippen LogP contribution in [-0.2, 0) is 11.4 Å². The molecular formula is C19H18ClF3N2O4. The Balaban J connectivity index is 1.84. The Hall–Kier alpha value is -2.78. The molecule has 0 aliphatic rings. The van der Waals surface area contributed by atoms with Crippen LogP contribution < -0.4 is 15.6 Å². The van der Waals surface area contributed by atoms with Gasteiger partial charge in [0.2, 0.25) is 5.91 Å². The number of carbonyl (C=O) groups is 2. The second kappa shape index (κ2) is 9.15. The number of hydrogen-bond acceptors (Lipinski definition) is 4. The van der Waals surface area contributed by atoms with Gasteiger partial charge in [-0.25, -0.2) is 0 Å². The van der Waals surface area contributed by atoms with Crippen LogP contribution in [0.1, 0.15) is 29.3 Å². The maximum Gasteiger partial charge on any atom is 0.417 e. The summed E-state index contributed by atoms with van der Waals surface area (Å²) in [5.74, 6) is -1.29. The SMILES string of the molecule is C[C@](O)(CC(=O)NNC(=O)c1ccc(COc2ccc(Cl)cc2)cc1)C(F)(F)F. The third kappa shape index (κ3) is 6.65. The van der Waals surface area contributed by atoms with E-state index in [0.717, 1.165) is 5.56 Å². The molecule has 2 amide bonds. The highest BCUT2D eigenvalue weighted by Crippen LogP contribution is 2.32. The Bertz CT molecular complexity index is 853. The van der Waals surface area contributed by atoms with Crippen LogP contribution in [0.2, 0.25) is 5.02 Å². The largest absolute Gasteiger partial charge is 0.489 e. The minimum atomic E-state index is -4.97. The predicted molar refractivity (Wildman–Crippen MR) is 99.1 cm³/mol. The molecule has 0 heterocycles. The van der Waals surface area contributed by atoms with Gasteiger partial charge in [0, 0.05) is 10.6 Å². The molecule has 0 fully saturated rings. The lowest BCUT2D eigenvalue weighted by molar-refractivity contribution is -0.253. The van der Waals surface area contributed by atoms with Gasteiger partial charge >= 0.3 is 6.18 Å². The fourth-order valence-electron chi connectivity index (χ4n) is 2.11. The molecule has 0 unspecified atom stereocenters.